The molecule has 2 aromatic heterocycles. The van der Waals surface area contributed by atoms with Crippen molar-refractivity contribution in [2.75, 3.05) is 11.9 Å². The van der Waals surface area contributed by atoms with Gasteiger partial charge in [-0.1, -0.05) is 19.3 Å². The van der Waals surface area contributed by atoms with E-state index < -0.39 is 0 Å². The smallest absolute Gasteiger partial charge is 0.235 e. The Morgan fingerprint density at radius 1 is 1.33 bits per heavy atom. The van der Waals surface area contributed by atoms with Crippen molar-refractivity contribution in [2.24, 2.45) is 0 Å². The summed E-state index contributed by atoms with van der Waals surface area (Å²) < 4.78 is 5.86. The summed E-state index contributed by atoms with van der Waals surface area (Å²) in [5, 5.41) is 9.31. The Bertz CT molecular complexity index is 638. The van der Waals surface area contributed by atoms with Gasteiger partial charge in [-0.2, -0.15) is 10.2 Å². The van der Waals surface area contributed by atoms with Crippen molar-refractivity contribution in [3.63, 3.8) is 0 Å². The third-order valence-electron chi connectivity index (χ3n) is 4.07. The number of oxazole rings is 1. The molecule has 1 aliphatic rings. The van der Waals surface area contributed by atoms with Gasteiger partial charge in [0, 0.05) is 25.5 Å². The molecule has 0 radical (unpaired) electrons. The predicted octanol–water partition coefficient (Wildman–Crippen LogP) is 3.38. The van der Waals surface area contributed by atoms with Crippen LogP contribution in [0.25, 0.3) is 11.5 Å². The van der Waals surface area contributed by atoms with Gasteiger partial charge in [-0.25, -0.2) is 0 Å². The first-order chi connectivity index (χ1) is 10.3. The van der Waals surface area contributed by atoms with Gasteiger partial charge >= 0.3 is 0 Å². The lowest BCUT2D eigenvalue weighted by Crippen LogP contribution is -2.33. The highest BCUT2D eigenvalue weighted by molar-refractivity contribution is 5.58. The molecule has 21 heavy (non-hydrogen) atoms. The summed E-state index contributed by atoms with van der Waals surface area (Å²) in [5.41, 5.74) is 1.14. The normalized spacial score (nSPS) is 15.6. The summed E-state index contributed by atoms with van der Waals surface area (Å²) in [6.45, 7) is 0. The van der Waals surface area contributed by atoms with Crippen LogP contribution < -0.4 is 4.90 Å². The van der Waals surface area contributed by atoms with Crippen molar-refractivity contribution < 1.29 is 4.42 Å². The molecule has 0 aromatic carbocycles. The van der Waals surface area contributed by atoms with E-state index in [1.807, 2.05) is 19.2 Å². The third-order valence-corrected chi connectivity index (χ3v) is 4.07. The van der Waals surface area contributed by atoms with Crippen LogP contribution in [0.3, 0.4) is 0 Å². The second kappa shape index (κ2) is 5.96. The van der Waals surface area contributed by atoms with Gasteiger partial charge in [0.05, 0.1) is 5.56 Å². The maximum Gasteiger partial charge on any atom is 0.235 e. The van der Waals surface area contributed by atoms with Crippen LogP contribution in [-0.4, -0.2) is 23.1 Å². The summed E-state index contributed by atoms with van der Waals surface area (Å²) in [4.78, 5) is 10.4. The molecule has 0 aliphatic heterocycles. The molecule has 0 bridgehead atoms. The summed E-state index contributed by atoms with van der Waals surface area (Å²) in [6.07, 6.45) is 9.45. The maximum absolute atomic E-state index is 9.31. The van der Waals surface area contributed by atoms with Crippen LogP contribution in [-0.2, 0) is 0 Å². The van der Waals surface area contributed by atoms with Crippen LogP contribution >= 0.6 is 0 Å². The number of nitrogens with zero attached hydrogens (tertiary/aromatic N) is 4. The lowest BCUT2D eigenvalue weighted by atomic mass is 9.94. The monoisotopic (exact) mass is 282 g/mol. The Morgan fingerprint density at radius 2 is 2.14 bits per heavy atom. The van der Waals surface area contributed by atoms with Gasteiger partial charge < -0.3 is 9.32 Å². The van der Waals surface area contributed by atoms with Crippen molar-refractivity contribution in [1.82, 2.24) is 9.97 Å². The lowest BCUT2D eigenvalue weighted by Gasteiger charge is -2.30. The highest BCUT2D eigenvalue weighted by Gasteiger charge is 2.25. The average Bonchev–Trinajstić information content (AvgIpc) is 3.00. The zero-order chi connectivity index (χ0) is 14.7. The topological polar surface area (TPSA) is 66.0 Å². The number of nitriles is 1. The number of anilines is 1. The Balaban J connectivity index is 1.91. The molecule has 0 unspecified atom stereocenters. The number of rotatable bonds is 3. The van der Waals surface area contributed by atoms with Crippen molar-refractivity contribution in [2.45, 2.75) is 38.1 Å². The van der Waals surface area contributed by atoms with Gasteiger partial charge in [-0.3, -0.25) is 4.98 Å². The Morgan fingerprint density at radius 3 is 2.81 bits per heavy atom. The molecule has 1 fully saturated rings. The third kappa shape index (κ3) is 2.75. The van der Waals surface area contributed by atoms with E-state index >= 15 is 0 Å². The second-order valence-electron chi connectivity index (χ2n) is 5.43. The van der Waals surface area contributed by atoms with Crippen molar-refractivity contribution >= 4 is 5.88 Å². The number of pyridine rings is 1. The fraction of sp³-hybridized carbons (Fsp3) is 0.438. The molecule has 1 aliphatic carbocycles. The van der Waals surface area contributed by atoms with Gasteiger partial charge in [0.15, 0.2) is 0 Å². The highest BCUT2D eigenvalue weighted by Crippen LogP contribution is 2.31. The Kier molecular flexibility index (Phi) is 3.87. The van der Waals surface area contributed by atoms with Gasteiger partial charge in [-0.15, -0.1) is 0 Å². The lowest BCUT2D eigenvalue weighted by molar-refractivity contribution is 0.410. The molecule has 3 rings (SSSR count). The van der Waals surface area contributed by atoms with Crippen LogP contribution in [0.4, 0.5) is 5.88 Å². The molecule has 2 aromatic rings. The van der Waals surface area contributed by atoms with Crippen LogP contribution in [0.1, 0.15) is 37.8 Å². The SMILES string of the molecule is CN(c1oc(-c2cccnc2)nc1C#N)C1CCCCC1. The van der Waals surface area contributed by atoms with Gasteiger partial charge in [0.25, 0.3) is 0 Å². The fourth-order valence-corrected chi connectivity index (χ4v) is 2.87. The fourth-order valence-electron chi connectivity index (χ4n) is 2.87. The predicted molar refractivity (Wildman–Crippen MR) is 79.7 cm³/mol. The highest BCUT2D eigenvalue weighted by atomic mass is 16.4. The molecule has 0 amide bonds. The molecule has 0 N–H and O–H groups in total. The molecule has 0 spiro atoms. The van der Waals surface area contributed by atoms with Crippen LogP contribution in [0, 0.1) is 11.3 Å². The first-order valence-electron chi connectivity index (χ1n) is 7.33. The van der Waals surface area contributed by atoms with E-state index in [1.165, 1.54) is 19.3 Å². The Hall–Kier alpha value is -2.35. The zero-order valence-corrected chi connectivity index (χ0v) is 12.1. The first-order valence-corrected chi connectivity index (χ1v) is 7.33. The minimum Gasteiger partial charge on any atom is -0.419 e. The standard InChI is InChI=1S/C16H18N4O/c1-20(13-7-3-2-4-8-13)16-14(10-17)19-15(21-16)12-6-5-9-18-11-12/h5-6,9,11,13H,2-4,7-8H2,1H3. The minimum absolute atomic E-state index is 0.349. The van der Waals surface area contributed by atoms with Crippen molar-refractivity contribution in [3.05, 3.63) is 30.2 Å². The number of hydrogen-bond acceptors (Lipinski definition) is 5. The van der Waals surface area contributed by atoms with E-state index in [4.69, 9.17) is 4.42 Å². The Labute approximate surface area is 124 Å². The van der Waals surface area contributed by atoms with E-state index in [-0.39, 0.29) is 0 Å². The average molecular weight is 282 g/mol. The molecule has 5 nitrogen and oxygen atoms in total. The van der Waals surface area contributed by atoms with Crippen molar-refractivity contribution in [1.29, 1.82) is 5.26 Å². The molecule has 1 saturated carbocycles. The summed E-state index contributed by atoms with van der Waals surface area (Å²) in [7, 11) is 1.99. The molecular weight excluding hydrogens is 264 g/mol. The van der Waals surface area contributed by atoms with E-state index in [2.05, 4.69) is 20.9 Å². The van der Waals surface area contributed by atoms with Crippen molar-refractivity contribution in [3.8, 4) is 17.5 Å². The second-order valence-corrected chi connectivity index (χ2v) is 5.43. The molecule has 0 saturated heterocycles. The first kappa shape index (κ1) is 13.6. The van der Waals surface area contributed by atoms with Crippen LogP contribution in [0.2, 0.25) is 0 Å². The van der Waals surface area contributed by atoms with E-state index in [0.717, 1.165) is 18.4 Å². The largest absolute Gasteiger partial charge is 0.419 e. The molecule has 108 valence electrons. The van der Waals surface area contributed by atoms with E-state index in [1.54, 1.807) is 12.4 Å². The van der Waals surface area contributed by atoms with E-state index in [0.29, 0.717) is 23.5 Å². The van der Waals surface area contributed by atoms with Gasteiger partial charge in [-0.05, 0) is 25.0 Å². The summed E-state index contributed by atoms with van der Waals surface area (Å²) in [5.74, 6) is 1.03. The molecule has 0 atom stereocenters. The summed E-state index contributed by atoms with van der Waals surface area (Å²) in [6, 6.07) is 6.28. The zero-order valence-electron chi connectivity index (χ0n) is 12.1. The van der Waals surface area contributed by atoms with Gasteiger partial charge in [0.1, 0.15) is 6.07 Å². The van der Waals surface area contributed by atoms with E-state index in [9.17, 15) is 5.26 Å². The van der Waals surface area contributed by atoms with Gasteiger partial charge in [0.2, 0.25) is 17.5 Å². The quantitative estimate of drug-likeness (QED) is 0.863. The number of aromatic nitrogens is 2. The summed E-state index contributed by atoms with van der Waals surface area (Å²) >= 11 is 0. The number of hydrogen-bond donors (Lipinski definition) is 0. The maximum atomic E-state index is 9.31. The minimum atomic E-state index is 0.349. The van der Waals surface area contributed by atoms with Crippen LogP contribution in [0.15, 0.2) is 28.9 Å². The van der Waals surface area contributed by atoms with Crippen LogP contribution in [0.5, 0.6) is 0 Å². The molecular formula is C16H18N4O. The molecule has 5 heteroatoms. The molecule has 2 heterocycles.